The second-order valence-electron chi connectivity index (χ2n) is 4.82. The third-order valence-electron chi connectivity index (χ3n) is 3.16. The van der Waals surface area contributed by atoms with Crippen molar-refractivity contribution in [3.05, 3.63) is 35.4 Å². The van der Waals surface area contributed by atoms with Crippen LogP contribution in [0.4, 0.5) is 0 Å². The fourth-order valence-corrected chi connectivity index (χ4v) is 2.09. The highest BCUT2D eigenvalue weighted by Gasteiger charge is 2.08. The highest BCUT2D eigenvalue weighted by atomic mass is 16.3. The maximum atomic E-state index is 9.88. The first-order chi connectivity index (χ1) is 8.67. The van der Waals surface area contributed by atoms with E-state index in [0.29, 0.717) is 13.0 Å². The molecule has 0 heterocycles. The van der Waals surface area contributed by atoms with Crippen molar-refractivity contribution in [1.82, 2.24) is 0 Å². The van der Waals surface area contributed by atoms with E-state index in [-0.39, 0.29) is 6.10 Å². The molecule has 0 saturated heterocycles. The zero-order chi connectivity index (χ0) is 13.4. The lowest BCUT2D eigenvalue weighted by Gasteiger charge is -2.12. The molecule has 0 aliphatic carbocycles. The van der Waals surface area contributed by atoms with E-state index in [1.54, 1.807) is 0 Å². The molecule has 0 radical (unpaired) electrons. The molecule has 2 unspecified atom stereocenters. The van der Waals surface area contributed by atoms with Crippen molar-refractivity contribution in [2.75, 3.05) is 6.54 Å². The second-order valence-corrected chi connectivity index (χ2v) is 4.82. The van der Waals surface area contributed by atoms with Gasteiger partial charge in [0.2, 0.25) is 0 Å². The summed E-state index contributed by atoms with van der Waals surface area (Å²) in [5.41, 5.74) is 7.53. The van der Waals surface area contributed by atoms with Crippen molar-refractivity contribution < 1.29 is 10.2 Å². The SMILES string of the molecule is CCCC(O)CCc1cccc(C(O)CCN)c1. The zero-order valence-electron chi connectivity index (χ0n) is 11.2. The molecule has 2 atom stereocenters. The quantitative estimate of drug-likeness (QED) is 0.663. The monoisotopic (exact) mass is 251 g/mol. The molecule has 4 N–H and O–H groups in total. The van der Waals surface area contributed by atoms with Gasteiger partial charge in [0.1, 0.15) is 0 Å². The van der Waals surface area contributed by atoms with Gasteiger partial charge in [0, 0.05) is 0 Å². The first kappa shape index (κ1) is 15.2. The molecule has 0 amide bonds. The van der Waals surface area contributed by atoms with Crippen LogP contribution in [-0.2, 0) is 6.42 Å². The minimum absolute atomic E-state index is 0.215. The van der Waals surface area contributed by atoms with Gasteiger partial charge >= 0.3 is 0 Å². The third kappa shape index (κ3) is 5.17. The van der Waals surface area contributed by atoms with E-state index in [1.165, 1.54) is 5.56 Å². The molecule has 0 fully saturated rings. The third-order valence-corrected chi connectivity index (χ3v) is 3.16. The van der Waals surface area contributed by atoms with Crippen LogP contribution in [0, 0.1) is 0 Å². The molecule has 3 nitrogen and oxygen atoms in total. The Bertz CT molecular complexity index is 341. The molecule has 1 rings (SSSR count). The van der Waals surface area contributed by atoms with Gasteiger partial charge in [-0.3, -0.25) is 0 Å². The average Bonchev–Trinajstić information content (AvgIpc) is 2.37. The van der Waals surface area contributed by atoms with Crippen LogP contribution in [0.25, 0.3) is 0 Å². The van der Waals surface area contributed by atoms with Crippen LogP contribution < -0.4 is 5.73 Å². The van der Waals surface area contributed by atoms with Crippen LogP contribution in [0.1, 0.15) is 49.8 Å². The van der Waals surface area contributed by atoms with Gasteiger partial charge < -0.3 is 15.9 Å². The van der Waals surface area contributed by atoms with Crippen molar-refractivity contribution in [3.63, 3.8) is 0 Å². The molecule has 0 bridgehead atoms. The first-order valence-corrected chi connectivity index (χ1v) is 6.82. The summed E-state index contributed by atoms with van der Waals surface area (Å²) in [5.74, 6) is 0. The lowest BCUT2D eigenvalue weighted by molar-refractivity contribution is 0.154. The zero-order valence-corrected chi connectivity index (χ0v) is 11.2. The number of aryl methyl sites for hydroxylation is 1. The minimum atomic E-state index is -0.476. The van der Waals surface area contributed by atoms with Crippen LogP contribution in [0.5, 0.6) is 0 Å². The normalized spacial score (nSPS) is 14.4. The predicted molar refractivity (Wildman–Crippen MR) is 74.3 cm³/mol. The van der Waals surface area contributed by atoms with E-state index >= 15 is 0 Å². The van der Waals surface area contributed by atoms with E-state index in [2.05, 4.69) is 6.92 Å². The Morgan fingerprint density at radius 3 is 2.61 bits per heavy atom. The number of benzene rings is 1. The van der Waals surface area contributed by atoms with Crippen LogP contribution in [-0.4, -0.2) is 22.9 Å². The molecule has 0 aliphatic heterocycles. The lowest BCUT2D eigenvalue weighted by atomic mass is 9.99. The number of hydrogen-bond donors (Lipinski definition) is 3. The fraction of sp³-hybridized carbons (Fsp3) is 0.600. The summed E-state index contributed by atoms with van der Waals surface area (Å²) in [6.07, 6.45) is 3.39. The van der Waals surface area contributed by atoms with Crippen LogP contribution >= 0.6 is 0 Å². The molecule has 102 valence electrons. The summed E-state index contributed by atoms with van der Waals surface area (Å²) in [6.45, 7) is 2.56. The molecule has 0 aromatic heterocycles. The van der Waals surface area contributed by atoms with E-state index in [9.17, 15) is 10.2 Å². The largest absolute Gasteiger partial charge is 0.393 e. The van der Waals surface area contributed by atoms with Crippen molar-refractivity contribution >= 4 is 0 Å². The highest BCUT2D eigenvalue weighted by Crippen LogP contribution is 2.18. The molecule has 1 aromatic carbocycles. The molecule has 0 aliphatic rings. The molecular weight excluding hydrogens is 226 g/mol. The van der Waals surface area contributed by atoms with Gasteiger partial charge in [-0.25, -0.2) is 0 Å². The molecule has 0 saturated carbocycles. The average molecular weight is 251 g/mol. The van der Waals surface area contributed by atoms with E-state index in [1.807, 2.05) is 24.3 Å². The minimum Gasteiger partial charge on any atom is -0.393 e. The van der Waals surface area contributed by atoms with Gasteiger partial charge in [0.05, 0.1) is 12.2 Å². The fourth-order valence-electron chi connectivity index (χ4n) is 2.09. The number of aliphatic hydroxyl groups excluding tert-OH is 2. The maximum Gasteiger partial charge on any atom is 0.0802 e. The van der Waals surface area contributed by atoms with Gasteiger partial charge in [0.25, 0.3) is 0 Å². The summed E-state index contributed by atoms with van der Waals surface area (Å²) in [6, 6.07) is 7.93. The molecule has 0 spiro atoms. The first-order valence-electron chi connectivity index (χ1n) is 6.82. The smallest absolute Gasteiger partial charge is 0.0802 e. The Labute approximate surface area is 110 Å². The van der Waals surface area contributed by atoms with E-state index in [4.69, 9.17) is 5.73 Å². The highest BCUT2D eigenvalue weighted by molar-refractivity contribution is 5.25. The molecule has 18 heavy (non-hydrogen) atoms. The van der Waals surface area contributed by atoms with Crippen molar-refractivity contribution in [2.45, 2.75) is 51.2 Å². The van der Waals surface area contributed by atoms with E-state index in [0.717, 1.165) is 31.2 Å². The van der Waals surface area contributed by atoms with Gasteiger partial charge in [-0.05, 0) is 43.4 Å². The van der Waals surface area contributed by atoms with E-state index < -0.39 is 6.10 Å². The number of aliphatic hydroxyl groups is 2. The van der Waals surface area contributed by atoms with Crippen molar-refractivity contribution in [2.24, 2.45) is 5.73 Å². The van der Waals surface area contributed by atoms with Gasteiger partial charge in [-0.1, -0.05) is 37.6 Å². The summed E-state index contributed by atoms with van der Waals surface area (Å²) in [7, 11) is 0. The summed E-state index contributed by atoms with van der Waals surface area (Å²) in [5, 5.41) is 19.6. The topological polar surface area (TPSA) is 66.5 Å². The Morgan fingerprint density at radius 1 is 1.17 bits per heavy atom. The number of nitrogens with two attached hydrogens (primary N) is 1. The van der Waals surface area contributed by atoms with Crippen LogP contribution in [0.15, 0.2) is 24.3 Å². The number of rotatable bonds is 8. The summed E-state index contributed by atoms with van der Waals surface area (Å²) >= 11 is 0. The maximum absolute atomic E-state index is 9.88. The Morgan fingerprint density at radius 2 is 1.94 bits per heavy atom. The standard InChI is InChI=1S/C15H25NO2/c1-2-4-14(17)8-7-12-5-3-6-13(11-12)15(18)9-10-16/h3,5-6,11,14-15,17-18H,2,4,7-10,16H2,1H3. The molecular formula is C15H25NO2. The Hall–Kier alpha value is -0.900. The molecule has 3 heteroatoms. The second kappa shape index (κ2) is 8.25. The predicted octanol–water partition coefficient (Wildman–Crippen LogP) is 2.16. The molecule has 1 aromatic rings. The van der Waals surface area contributed by atoms with Gasteiger partial charge in [-0.2, -0.15) is 0 Å². The van der Waals surface area contributed by atoms with Gasteiger partial charge in [0.15, 0.2) is 0 Å². The summed E-state index contributed by atoms with van der Waals surface area (Å²) in [4.78, 5) is 0. The van der Waals surface area contributed by atoms with Gasteiger partial charge in [-0.15, -0.1) is 0 Å². The summed E-state index contributed by atoms with van der Waals surface area (Å²) < 4.78 is 0. The Balaban J connectivity index is 2.54. The van der Waals surface area contributed by atoms with Crippen molar-refractivity contribution in [3.8, 4) is 0 Å². The lowest BCUT2D eigenvalue weighted by Crippen LogP contribution is -2.08. The van der Waals surface area contributed by atoms with Crippen molar-refractivity contribution in [1.29, 1.82) is 0 Å². The van der Waals surface area contributed by atoms with Crippen LogP contribution in [0.3, 0.4) is 0 Å². The van der Waals surface area contributed by atoms with Crippen LogP contribution in [0.2, 0.25) is 0 Å². The number of hydrogen-bond acceptors (Lipinski definition) is 3. The Kier molecular flexibility index (Phi) is 6.94.